The van der Waals surface area contributed by atoms with E-state index < -0.39 is 0 Å². The Morgan fingerprint density at radius 2 is 2.12 bits per heavy atom. The molecular formula is C20H26N4O. The van der Waals surface area contributed by atoms with Crippen molar-refractivity contribution in [3.8, 4) is 0 Å². The summed E-state index contributed by atoms with van der Waals surface area (Å²) in [5.74, 6) is 0.607. The molecule has 5 nitrogen and oxygen atoms in total. The summed E-state index contributed by atoms with van der Waals surface area (Å²) < 4.78 is 0. The van der Waals surface area contributed by atoms with Gasteiger partial charge in [0.25, 0.3) is 0 Å². The summed E-state index contributed by atoms with van der Waals surface area (Å²) in [6.45, 7) is 3.19. The molecule has 2 heterocycles. The highest BCUT2D eigenvalue weighted by Crippen LogP contribution is 2.47. The van der Waals surface area contributed by atoms with Gasteiger partial charge in [-0.3, -0.25) is 14.8 Å². The van der Waals surface area contributed by atoms with Crippen molar-refractivity contribution in [3.63, 3.8) is 0 Å². The van der Waals surface area contributed by atoms with Crippen LogP contribution >= 0.6 is 0 Å². The molecule has 1 aromatic heterocycles. The Labute approximate surface area is 148 Å². The van der Waals surface area contributed by atoms with E-state index in [9.17, 15) is 4.79 Å². The molecule has 2 N–H and O–H groups in total. The highest BCUT2D eigenvalue weighted by atomic mass is 16.2. The van der Waals surface area contributed by atoms with Crippen LogP contribution in [0.1, 0.15) is 42.9 Å². The molecule has 1 saturated carbocycles. The molecular weight excluding hydrogens is 312 g/mol. The van der Waals surface area contributed by atoms with Crippen LogP contribution in [0, 0.1) is 0 Å². The largest absolute Gasteiger partial charge is 0.354 e. The van der Waals surface area contributed by atoms with Gasteiger partial charge in [-0.05, 0) is 43.9 Å². The van der Waals surface area contributed by atoms with Crippen molar-refractivity contribution in [3.05, 3.63) is 53.9 Å². The summed E-state index contributed by atoms with van der Waals surface area (Å²) in [5.41, 5.74) is 2.72. The lowest BCUT2D eigenvalue weighted by molar-refractivity contribution is -0.122. The van der Waals surface area contributed by atoms with Crippen LogP contribution < -0.4 is 5.32 Å². The fourth-order valence-corrected chi connectivity index (χ4v) is 3.98. The normalized spacial score (nSPS) is 22.5. The zero-order chi connectivity index (χ0) is 17.1. The number of amides is 1. The molecule has 1 aliphatic heterocycles. The maximum Gasteiger partial charge on any atom is 0.234 e. The lowest BCUT2D eigenvalue weighted by Gasteiger charge is -2.31. The number of carbonyl (C=O) groups excluding carboxylic acids is 1. The first-order valence-electron chi connectivity index (χ1n) is 9.29. The number of benzene rings is 1. The first-order valence-corrected chi connectivity index (χ1v) is 9.29. The van der Waals surface area contributed by atoms with Gasteiger partial charge in [0.1, 0.15) is 0 Å². The number of carbonyl (C=O) groups is 1. The van der Waals surface area contributed by atoms with Crippen LogP contribution in [0.2, 0.25) is 0 Å². The van der Waals surface area contributed by atoms with Crippen molar-refractivity contribution in [2.75, 3.05) is 26.2 Å². The predicted molar refractivity (Wildman–Crippen MR) is 97.4 cm³/mol. The van der Waals surface area contributed by atoms with E-state index in [0.717, 1.165) is 32.5 Å². The van der Waals surface area contributed by atoms with Crippen LogP contribution in [-0.4, -0.2) is 47.2 Å². The Morgan fingerprint density at radius 3 is 2.84 bits per heavy atom. The van der Waals surface area contributed by atoms with E-state index in [-0.39, 0.29) is 11.3 Å². The number of aromatic amines is 1. The van der Waals surface area contributed by atoms with Gasteiger partial charge in [-0.15, -0.1) is 0 Å². The first kappa shape index (κ1) is 16.3. The van der Waals surface area contributed by atoms with Gasteiger partial charge in [0.15, 0.2) is 0 Å². The lowest BCUT2D eigenvalue weighted by Crippen LogP contribution is -2.43. The maximum atomic E-state index is 12.4. The van der Waals surface area contributed by atoms with Crippen LogP contribution in [0.15, 0.2) is 42.6 Å². The average Bonchev–Trinajstić information content (AvgIpc) is 3.24. The highest BCUT2D eigenvalue weighted by Gasteiger charge is 2.44. The van der Waals surface area contributed by atoms with Crippen molar-refractivity contribution >= 4 is 5.91 Å². The van der Waals surface area contributed by atoms with Crippen molar-refractivity contribution in [2.24, 2.45) is 0 Å². The van der Waals surface area contributed by atoms with Gasteiger partial charge < -0.3 is 5.32 Å². The lowest BCUT2D eigenvalue weighted by atomic mass is 9.95. The third-order valence-corrected chi connectivity index (χ3v) is 5.70. The number of nitrogens with zero attached hydrogens (tertiary/aromatic N) is 2. The molecule has 0 bridgehead atoms. The summed E-state index contributed by atoms with van der Waals surface area (Å²) in [4.78, 5) is 14.7. The Morgan fingerprint density at radius 1 is 1.28 bits per heavy atom. The third kappa shape index (κ3) is 3.76. The Bertz CT molecular complexity index is 694. The van der Waals surface area contributed by atoms with Crippen LogP contribution in [0.5, 0.6) is 0 Å². The van der Waals surface area contributed by atoms with Gasteiger partial charge in [0.05, 0.1) is 6.54 Å². The van der Waals surface area contributed by atoms with E-state index in [1.807, 2.05) is 12.1 Å². The topological polar surface area (TPSA) is 61.0 Å². The number of nitrogens with one attached hydrogen (secondary N) is 2. The quantitative estimate of drug-likeness (QED) is 0.850. The standard InChI is InChI=1S/C20H26N4O/c25-19(21-15-20(9-10-20)17-6-2-1-3-7-17)14-24-12-4-5-16(13-24)18-8-11-22-23-18/h1-3,6-8,11,16H,4-5,9-10,12-15H2,(H,21,25)(H,22,23). The van der Waals surface area contributed by atoms with Crippen LogP contribution in [-0.2, 0) is 10.2 Å². The summed E-state index contributed by atoms with van der Waals surface area (Å²) in [5, 5.41) is 10.3. The molecule has 2 fully saturated rings. The summed E-state index contributed by atoms with van der Waals surface area (Å²) in [7, 11) is 0. The Hall–Kier alpha value is -2.14. The Balaban J connectivity index is 1.28. The summed E-state index contributed by atoms with van der Waals surface area (Å²) >= 11 is 0. The second-order valence-corrected chi connectivity index (χ2v) is 7.51. The van der Waals surface area contributed by atoms with Crippen LogP contribution in [0.4, 0.5) is 0 Å². The van der Waals surface area contributed by atoms with Crippen molar-refractivity contribution in [2.45, 2.75) is 37.0 Å². The van der Waals surface area contributed by atoms with Crippen molar-refractivity contribution in [1.82, 2.24) is 20.4 Å². The molecule has 132 valence electrons. The molecule has 1 unspecified atom stereocenters. The van der Waals surface area contributed by atoms with E-state index in [4.69, 9.17) is 0 Å². The maximum absolute atomic E-state index is 12.4. The molecule has 1 atom stereocenters. The highest BCUT2D eigenvalue weighted by molar-refractivity contribution is 5.78. The minimum atomic E-state index is 0.146. The number of aromatic nitrogens is 2. The average molecular weight is 338 g/mol. The molecule has 1 aliphatic carbocycles. The number of likely N-dealkylation sites (tertiary alicyclic amines) is 1. The number of H-pyrrole nitrogens is 1. The molecule has 1 saturated heterocycles. The van der Waals surface area contributed by atoms with E-state index >= 15 is 0 Å². The smallest absolute Gasteiger partial charge is 0.234 e. The molecule has 5 heteroatoms. The minimum absolute atomic E-state index is 0.146. The van der Waals surface area contributed by atoms with Crippen LogP contribution in [0.3, 0.4) is 0 Å². The summed E-state index contributed by atoms with van der Waals surface area (Å²) in [6, 6.07) is 12.6. The molecule has 25 heavy (non-hydrogen) atoms. The molecule has 1 amide bonds. The van der Waals surface area contributed by atoms with Gasteiger partial charge in [-0.1, -0.05) is 30.3 Å². The van der Waals surface area contributed by atoms with Gasteiger partial charge in [-0.25, -0.2) is 0 Å². The van der Waals surface area contributed by atoms with E-state index in [0.29, 0.717) is 12.5 Å². The zero-order valence-electron chi connectivity index (χ0n) is 14.6. The Kier molecular flexibility index (Phi) is 4.57. The van der Waals surface area contributed by atoms with E-state index in [1.165, 1.54) is 24.1 Å². The minimum Gasteiger partial charge on any atom is -0.354 e. The number of hydrogen-bond acceptors (Lipinski definition) is 3. The molecule has 0 spiro atoms. The van der Waals surface area contributed by atoms with Gasteiger partial charge in [0.2, 0.25) is 5.91 Å². The number of rotatable bonds is 6. The number of hydrogen-bond donors (Lipinski definition) is 2. The molecule has 2 aliphatic rings. The second-order valence-electron chi connectivity index (χ2n) is 7.51. The van der Waals surface area contributed by atoms with E-state index in [1.54, 1.807) is 6.20 Å². The molecule has 0 radical (unpaired) electrons. The molecule has 4 rings (SSSR count). The van der Waals surface area contributed by atoms with Gasteiger partial charge >= 0.3 is 0 Å². The first-order chi connectivity index (χ1) is 12.3. The summed E-state index contributed by atoms with van der Waals surface area (Å²) in [6.07, 6.45) is 6.44. The fraction of sp³-hybridized carbons (Fsp3) is 0.500. The predicted octanol–water partition coefficient (Wildman–Crippen LogP) is 2.44. The molecule has 2 aromatic rings. The SMILES string of the molecule is O=C(CN1CCCC(c2ccn[nH]2)C1)NCC1(c2ccccc2)CC1. The molecule has 1 aromatic carbocycles. The fourth-order valence-electron chi connectivity index (χ4n) is 3.98. The van der Waals surface area contributed by atoms with Crippen molar-refractivity contribution < 1.29 is 4.79 Å². The zero-order valence-corrected chi connectivity index (χ0v) is 14.6. The third-order valence-electron chi connectivity index (χ3n) is 5.70. The van der Waals surface area contributed by atoms with Crippen molar-refractivity contribution in [1.29, 1.82) is 0 Å². The van der Waals surface area contributed by atoms with Gasteiger partial charge in [0, 0.05) is 36.3 Å². The van der Waals surface area contributed by atoms with Crippen LogP contribution in [0.25, 0.3) is 0 Å². The van der Waals surface area contributed by atoms with E-state index in [2.05, 4.69) is 44.7 Å². The second kappa shape index (κ2) is 7.00. The monoisotopic (exact) mass is 338 g/mol. The van der Waals surface area contributed by atoms with Gasteiger partial charge in [-0.2, -0.15) is 5.10 Å². The number of piperidine rings is 1.